The SMILES string of the molecule is CCCCN(CCC(C)C)C(=O)C1CCC(C(=O)Nc2c(C(=O)Nc3ccc(Cl)cn3)oc3ccccc23)CC1. The monoisotopic (exact) mass is 566 g/mol. The summed E-state index contributed by atoms with van der Waals surface area (Å²) in [5.74, 6) is 0.113. The van der Waals surface area contributed by atoms with E-state index < -0.39 is 5.91 Å². The van der Waals surface area contributed by atoms with Crippen molar-refractivity contribution in [1.29, 1.82) is 0 Å². The van der Waals surface area contributed by atoms with Crippen molar-refractivity contribution < 1.29 is 18.8 Å². The van der Waals surface area contributed by atoms with Crippen molar-refractivity contribution in [3.05, 3.63) is 53.4 Å². The number of anilines is 2. The fourth-order valence-electron chi connectivity index (χ4n) is 5.13. The number of rotatable bonds is 11. The topological polar surface area (TPSA) is 105 Å². The molecule has 0 radical (unpaired) electrons. The molecular weight excluding hydrogens is 528 g/mol. The first-order chi connectivity index (χ1) is 19.3. The van der Waals surface area contributed by atoms with E-state index in [1.54, 1.807) is 18.2 Å². The Morgan fingerprint density at radius 3 is 2.42 bits per heavy atom. The molecule has 2 aromatic heterocycles. The molecule has 0 spiro atoms. The highest BCUT2D eigenvalue weighted by atomic mass is 35.5. The number of amides is 3. The van der Waals surface area contributed by atoms with E-state index in [9.17, 15) is 14.4 Å². The molecule has 0 unspecified atom stereocenters. The van der Waals surface area contributed by atoms with Gasteiger partial charge in [0.2, 0.25) is 17.6 Å². The van der Waals surface area contributed by atoms with Crippen LogP contribution in [-0.2, 0) is 9.59 Å². The minimum atomic E-state index is -0.524. The first kappa shape index (κ1) is 29.6. The van der Waals surface area contributed by atoms with E-state index in [4.69, 9.17) is 16.0 Å². The van der Waals surface area contributed by atoms with Gasteiger partial charge in [0.25, 0.3) is 5.91 Å². The minimum absolute atomic E-state index is 0.00637. The Labute approximate surface area is 240 Å². The molecule has 9 heteroatoms. The molecule has 2 heterocycles. The van der Waals surface area contributed by atoms with Crippen molar-refractivity contribution in [3.63, 3.8) is 0 Å². The second-order valence-electron chi connectivity index (χ2n) is 11.0. The predicted molar refractivity (Wildman–Crippen MR) is 158 cm³/mol. The van der Waals surface area contributed by atoms with E-state index in [1.807, 2.05) is 23.1 Å². The van der Waals surface area contributed by atoms with E-state index in [-0.39, 0.29) is 29.4 Å². The van der Waals surface area contributed by atoms with Crippen molar-refractivity contribution in [2.45, 2.75) is 65.7 Å². The molecule has 0 atom stereocenters. The van der Waals surface area contributed by atoms with Crippen LogP contribution in [0.4, 0.5) is 11.5 Å². The average Bonchev–Trinajstić information content (AvgIpc) is 3.32. The van der Waals surface area contributed by atoms with Gasteiger partial charge in [0.1, 0.15) is 17.1 Å². The van der Waals surface area contributed by atoms with Crippen LogP contribution in [0.5, 0.6) is 0 Å². The number of nitrogens with one attached hydrogen (secondary N) is 2. The summed E-state index contributed by atoms with van der Waals surface area (Å²) in [5.41, 5.74) is 0.833. The third-order valence-electron chi connectivity index (χ3n) is 7.54. The van der Waals surface area contributed by atoms with Gasteiger partial charge in [0.05, 0.1) is 5.02 Å². The number of carbonyl (C=O) groups excluding carboxylic acids is 3. The predicted octanol–water partition coefficient (Wildman–Crippen LogP) is 7.15. The summed E-state index contributed by atoms with van der Waals surface area (Å²) in [6.45, 7) is 8.09. The van der Waals surface area contributed by atoms with Gasteiger partial charge in [-0.1, -0.05) is 50.9 Å². The lowest BCUT2D eigenvalue weighted by Crippen LogP contribution is -2.40. The fourth-order valence-corrected chi connectivity index (χ4v) is 5.25. The standard InChI is InChI=1S/C31H39ClN4O4/c1-4-5-17-36(18-16-20(2)3)31(39)22-12-10-21(11-13-22)29(37)35-27-24-8-6-7-9-25(24)40-28(27)30(38)34-26-15-14-23(32)19-33-26/h6-9,14-15,19-22H,4-5,10-13,16-18H2,1-3H3,(H,35,37)(H,33,34,38). The molecule has 4 rings (SSSR count). The van der Waals surface area contributed by atoms with Gasteiger partial charge in [-0.25, -0.2) is 4.98 Å². The Kier molecular flexibility index (Phi) is 10.2. The smallest absolute Gasteiger partial charge is 0.294 e. The van der Waals surface area contributed by atoms with Crippen LogP contribution in [0, 0.1) is 17.8 Å². The van der Waals surface area contributed by atoms with Gasteiger partial charge >= 0.3 is 0 Å². The van der Waals surface area contributed by atoms with Gasteiger partial charge in [-0.05, 0) is 68.7 Å². The van der Waals surface area contributed by atoms with Gasteiger partial charge in [-0.3, -0.25) is 14.4 Å². The number of para-hydroxylation sites is 1. The zero-order valence-corrected chi connectivity index (χ0v) is 24.3. The quantitative estimate of drug-likeness (QED) is 0.256. The second kappa shape index (κ2) is 13.8. The van der Waals surface area contributed by atoms with E-state index in [0.717, 1.165) is 32.4 Å². The van der Waals surface area contributed by atoms with Crippen LogP contribution in [0.25, 0.3) is 11.0 Å². The zero-order valence-electron chi connectivity index (χ0n) is 23.5. The molecule has 1 fully saturated rings. The van der Waals surface area contributed by atoms with Crippen molar-refractivity contribution in [3.8, 4) is 0 Å². The third-order valence-corrected chi connectivity index (χ3v) is 7.76. The van der Waals surface area contributed by atoms with Crippen LogP contribution in [0.2, 0.25) is 5.02 Å². The molecule has 1 aliphatic rings. The number of hydrogen-bond acceptors (Lipinski definition) is 5. The van der Waals surface area contributed by atoms with Crippen LogP contribution < -0.4 is 10.6 Å². The summed E-state index contributed by atoms with van der Waals surface area (Å²) < 4.78 is 5.86. The van der Waals surface area contributed by atoms with Gasteiger partial charge < -0.3 is 20.0 Å². The van der Waals surface area contributed by atoms with Crippen molar-refractivity contribution in [1.82, 2.24) is 9.88 Å². The molecule has 3 amide bonds. The van der Waals surface area contributed by atoms with Crippen LogP contribution in [0.1, 0.15) is 76.3 Å². The van der Waals surface area contributed by atoms with Crippen molar-refractivity contribution in [2.75, 3.05) is 23.7 Å². The van der Waals surface area contributed by atoms with Gasteiger partial charge in [-0.2, -0.15) is 0 Å². The Morgan fingerprint density at radius 1 is 1.02 bits per heavy atom. The number of carbonyl (C=O) groups is 3. The van der Waals surface area contributed by atoms with Gasteiger partial charge in [0, 0.05) is 36.5 Å². The molecule has 214 valence electrons. The first-order valence-electron chi connectivity index (χ1n) is 14.3. The molecule has 0 aliphatic heterocycles. The molecular formula is C31H39ClN4O4. The number of nitrogens with zero attached hydrogens (tertiary/aromatic N) is 2. The molecule has 3 aromatic rings. The lowest BCUT2D eigenvalue weighted by atomic mass is 9.80. The highest BCUT2D eigenvalue weighted by molar-refractivity contribution is 6.30. The molecule has 8 nitrogen and oxygen atoms in total. The molecule has 1 aromatic carbocycles. The molecule has 40 heavy (non-hydrogen) atoms. The van der Waals surface area contributed by atoms with Crippen molar-refractivity contribution >= 4 is 51.8 Å². The maximum atomic E-state index is 13.4. The number of hydrogen-bond donors (Lipinski definition) is 2. The summed E-state index contributed by atoms with van der Waals surface area (Å²) in [5, 5.41) is 6.78. The number of halogens is 1. The average molecular weight is 567 g/mol. The third kappa shape index (κ3) is 7.42. The number of pyridine rings is 1. The molecule has 1 aliphatic carbocycles. The maximum absolute atomic E-state index is 13.4. The van der Waals surface area contributed by atoms with Crippen LogP contribution in [0.3, 0.4) is 0 Å². The Hall–Kier alpha value is -3.39. The number of furan rings is 1. The first-order valence-corrected chi connectivity index (χ1v) is 14.7. The highest BCUT2D eigenvalue weighted by Gasteiger charge is 2.33. The van der Waals surface area contributed by atoms with Gasteiger partial charge in [0.15, 0.2) is 0 Å². The second-order valence-corrected chi connectivity index (χ2v) is 11.5. The molecule has 1 saturated carbocycles. The lowest BCUT2D eigenvalue weighted by molar-refractivity contribution is -0.138. The number of benzene rings is 1. The van der Waals surface area contributed by atoms with E-state index in [0.29, 0.717) is 59.1 Å². The van der Waals surface area contributed by atoms with E-state index in [1.165, 1.54) is 6.20 Å². The number of aromatic nitrogens is 1. The molecule has 0 saturated heterocycles. The van der Waals surface area contributed by atoms with Crippen LogP contribution in [0.15, 0.2) is 47.0 Å². The summed E-state index contributed by atoms with van der Waals surface area (Å²) in [7, 11) is 0. The maximum Gasteiger partial charge on any atom is 0.294 e. The summed E-state index contributed by atoms with van der Waals surface area (Å²) in [6.07, 6.45) is 7.11. The Morgan fingerprint density at radius 2 is 1.75 bits per heavy atom. The Balaban J connectivity index is 1.42. The highest BCUT2D eigenvalue weighted by Crippen LogP contribution is 2.35. The van der Waals surface area contributed by atoms with Crippen LogP contribution >= 0.6 is 11.6 Å². The Bertz CT molecular complexity index is 1310. The summed E-state index contributed by atoms with van der Waals surface area (Å²) in [6, 6.07) is 10.4. The minimum Gasteiger partial charge on any atom is -0.449 e. The van der Waals surface area contributed by atoms with E-state index in [2.05, 4.69) is 36.4 Å². The molecule has 2 N–H and O–H groups in total. The molecule has 0 bridgehead atoms. The largest absolute Gasteiger partial charge is 0.449 e. The van der Waals surface area contributed by atoms with E-state index >= 15 is 0 Å². The zero-order chi connectivity index (χ0) is 28.6. The lowest BCUT2D eigenvalue weighted by Gasteiger charge is -2.32. The normalized spacial score (nSPS) is 17.1. The number of fused-ring (bicyclic) bond motifs is 1. The number of unbranched alkanes of at least 4 members (excludes halogenated alkanes) is 1. The summed E-state index contributed by atoms with van der Waals surface area (Å²) in [4.78, 5) is 46.0. The van der Waals surface area contributed by atoms with Crippen LogP contribution in [-0.4, -0.2) is 40.7 Å². The van der Waals surface area contributed by atoms with Gasteiger partial charge in [-0.15, -0.1) is 0 Å². The van der Waals surface area contributed by atoms with Crippen molar-refractivity contribution in [2.24, 2.45) is 17.8 Å². The summed E-state index contributed by atoms with van der Waals surface area (Å²) >= 11 is 5.90. The fraction of sp³-hybridized carbons (Fsp3) is 0.484.